The van der Waals surface area contributed by atoms with Gasteiger partial charge in [-0.25, -0.2) is 0 Å². The van der Waals surface area contributed by atoms with Gasteiger partial charge in [0, 0.05) is 13.1 Å². The van der Waals surface area contributed by atoms with Crippen molar-refractivity contribution in [3.63, 3.8) is 0 Å². The molecule has 0 amide bonds. The standard InChI is InChI=1S/C11H18N6O/c1-4-7-16(8-11(2,3)18)10-6-5-9-12-14-15-17(9)13-10/h5-6,18H,4,7-8H2,1-3H3. The molecule has 2 aromatic rings. The first-order chi connectivity index (χ1) is 8.49. The fourth-order valence-corrected chi connectivity index (χ4v) is 1.82. The Balaban J connectivity index is 2.28. The Morgan fingerprint density at radius 3 is 2.83 bits per heavy atom. The number of nitrogens with zero attached hydrogens (tertiary/aromatic N) is 6. The number of hydrogen-bond donors (Lipinski definition) is 1. The van der Waals surface area contributed by atoms with Crippen molar-refractivity contribution in [3.8, 4) is 0 Å². The van der Waals surface area contributed by atoms with E-state index in [1.807, 2.05) is 17.0 Å². The van der Waals surface area contributed by atoms with Gasteiger partial charge in [-0.05, 0) is 42.8 Å². The first kappa shape index (κ1) is 12.7. The van der Waals surface area contributed by atoms with Crippen LogP contribution < -0.4 is 4.90 Å². The SMILES string of the molecule is CCCN(CC(C)(C)O)c1ccc2nnnn2n1. The molecule has 0 unspecified atom stereocenters. The van der Waals surface area contributed by atoms with Crippen LogP contribution in [0.2, 0.25) is 0 Å². The Bertz CT molecular complexity index is 517. The summed E-state index contributed by atoms with van der Waals surface area (Å²) < 4.78 is 1.39. The second-order valence-electron chi connectivity index (χ2n) is 4.95. The Kier molecular flexibility index (Phi) is 3.42. The molecule has 2 heterocycles. The summed E-state index contributed by atoms with van der Waals surface area (Å²) in [5.74, 6) is 0.763. The van der Waals surface area contributed by atoms with Crippen molar-refractivity contribution in [1.29, 1.82) is 0 Å². The summed E-state index contributed by atoms with van der Waals surface area (Å²) in [5.41, 5.74) is -0.162. The van der Waals surface area contributed by atoms with Gasteiger partial charge in [0.2, 0.25) is 0 Å². The van der Waals surface area contributed by atoms with E-state index in [1.54, 1.807) is 13.8 Å². The van der Waals surface area contributed by atoms with E-state index in [0.717, 1.165) is 18.8 Å². The van der Waals surface area contributed by atoms with Gasteiger partial charge < -0.3 is 10.0 Å². The molecule has 7 heteroatoms. The topological polar surface area (TPSA) is 79.4 Å². The van der Waals surface area contributed by atoms with Gasteiger partial charge in [-0.3, -0.25) is 0 Å². The van der Waals surface area contributed by atoms with E-state index < -0.39 is 5.60 Å². The van der Waals surface area contributed by atoms with Crippen molar-refractivity contribution in [3.05, 3.63) is 12.1 Å². The normalized spacial score (nSPS) is 12.0. The molecule has 0 bridgehead atoms. The van der Waals surface area contributed by atoms with Gasteiger partial charge in [0.1, 0.15) is 0 Å². The van der Waals surface area contributed by atoms with E-state index in [2.05, 4.69) is 27.5 Å². The maximum Gasteiger partial charge on any atom is 0.200 e. The number of aliphatic hydroxyl groups is 1. The minimum Gasteiger partial charge on any atom is -0.389 e. The number of anilines is 1. The summed E-state index contributed by atoms with van der Waals surface area (Å²) in [4.78, 5) is 2.03. The van der Waals surface area contributed by atoms with Gasteiger partial charge in [-0.2, -0.15) is 0 Å². The average Bonchev–Trinajstić information content (AvgIpc) is 2.73. The zero-order valence-corrected chi connectivity index (χ0v) is 10.9. The van der Waals surface area contributed by atoms with Crippen LogP contribution in [0.1, 0.15) is 27.2 Å². The van der Waals surface area contributed by atoms with Crippen molar-refractivity contribution in [2.75, 3.05) is 18.0 Å². The second kappa shape index (κ2) is 4.85. The van der Waals surface area contributed by atoms with Crippen LogP contribution in [-0.2, 0) is 0 Å². The van der Waals surface area contributed by atoms with Gasteiger partial charge in [0.05, 0.1) is 5.60 Å². The Morgan fingerprint density at radius 2 is 2.17 bits per heavy atom. The summed E-state index contributed by atoms with van der Waals surface area (Å²) in [7, 11) is 0. The highest BCUT2D eigenvalue weighted by Crippen LogP contribution is 2.15. The lowest BCUT2D eigenvalue weighted by atomic mass is 10.1. The van der Waals surface area contributed by atoms with Crippen molar-refractivity contribution < 1.29 is 5.11 Å². The number of fused-ring (bicyclic) bond motifs is 1. The molecule has 1 N–H and O–H groups in total. The molecule has 0 spiro atoms. The van der Waals surface area contributed by atoms with Crippen LogP contribution in [0.5, 0.6) is 0 Å². The summed E-state index contributed by atoms with van der Waals surface area (Å²) in [5, 5.41) is 25.4. The van der Waals surface area contributed by atoms with Crippen LogP contribution >= 0.6 is 0 Å². The molecule has 0 saturated carbocycles. The molecule has 2 aromatic heterocycles. The molecule has 0 radical (unpaired) electrons. The van der Waals surface area contributed by atoms with Crippen molar-refractivity contribution in [1.82, 2.24) is 25.3 Å². The minimum atomic E-state index is -0.771. The molecule has 0 aliphatic carbocycles. The summed E-state index contributed by atoms with van der Waals surface area (Å²) in [6.07, 6.45) is 0.978. The summed E-state index contributed by atoms with van der Waals surface area (Å²) in [6, 6.07) is 3.68. The van der Waals surface area contributed by atoms with Crippen LogP contribution in [0.4, 0.5) is 5.82 Å². The third-order valence-electron chi connectivity index (χ3n) is 2.45. The Morgan fingerprint density at radius 1 is 1.39 bits per heavy atom. The van der Waals surface area contributed by atoms with E-state index in [0.29, 0.717) is 12.2 Å². The summed E-state index contributed by atoms with van der Waals surface area (Å²) >= 11 is 0. The lowest BCUT2D eigenvalue weighted by Crippen LogP contribution is -2.39. The molecule has 0 fully saturated rings. The number of tetrazole rings is 1. The van der Waals surface area contributed by atoms with E-state index in [9.17, 15) is 5.11 Å². The molecule has 2 rings (SSSR count). The molecule has 98 valence electrons. The maximum atomic E-state index is 9.93. The lowest BCUT2D eigenvalue weighted by molar-refractivity contribution is 0.0871. The van der Waals surface area contributed by atoms with Crippen molar-refractivity contribution in [2.45, 2.75) is 32.8 Å². The van der Waals surface area contributed by atoms with Gasteiger partial charge in [0.25, 0.3) is 0 Å². The fraction of sp³-hybridized carbons (Fsp3) is 0.636. The molecular formula is C11H18N6O. The fourth-order valence-electron chi connectivity index (χ4n) is 1.82. The number of hydrogen-bond acceptors (Lipinski definition) is 6. The van der Waals surface area contributed by atoms with E-state index >= 15 is 0 Å². The first-order valence-corrected chi connectivity index (χ1v) is 6.02. The van der Waals surface area contributed by atoms with Gasteiger partial charge in [-0.15, -0.1) is 14.8 Å². The molecule has 0 atom stereocenters. The van der Waals surface area contributed by atoms with Crippen molar-refractivity contribution >= 4 is 11.5 Å². The third kappa shape index (κ3) is 2.92. The third-order valence-corrected chi connectivity index (χ3v) is 2.45. The quantitative estimate of drug-likeness (QED) is 0.832. The first-order valence-electron chi connectivity index (χ1n) is 6.02. The van der Waals surface area contributed by atoms with E-state index in [1.165, 1.54) is 4.63 Å². The predicted molar refractivity (Wildman–Crippen MR) is 67.4 cm³/mol. The zero-order chi connectivity index (χ0) is 13.2. The Hall–Kier alpha value is -1.76. The summed E-state index contributed by atoms with van der Waals surface area (Å²) in [6.45, 7) is 7.00. The largest absolute Gasteiger partial charge is 0.389 e. The number of rotatable bonds is 5. The molecule has 0 aliphatic rings. The molecule has 0 aromatic carbocycles. The minimum absolute atomic E-state index is 0.515. The van der Waals surface area contributed by atoms with Crippen LogP contribution in [0, 0.1) is 0 Å². The highest BCUT2D eigenvalue weighted by Gasteiger charge is 2.19. The highest BCUT2D eigenvalue weighted by molar-refractivity contribution is 5.44. The lowest BCUT2D eigenvalue weighted by Gasteiger charge is -2.29. The van der Waals surface area contributed by atoms with Crippen LogP contribution in [-0.4, -0.2) is 49.1 Å². The van der Waals surface area contributed by atoms with Gasteiger partial charge in [0.15, 0.2) is 11.5 Å². The van der Waals surface area contributed by atoms with E-state index in [4.69, 9.17) is 0 Å². The van der Waals surface area contributed by atoms with Gasteiger partial charge in [-0.1, -0.05) is 6.92 Å². The number of aromatic nitrogens is 5. The van der Waals surface area contributed by atoms with Crippen molar-refractivity contribution in [2.24, 2.45) is 0 Å². The monoisotopic (exact) mass is 250 g/mol. The molecule has 0 aliphatic heterocycles. The smallest absolute Gasteiger partial charge is 0.200 e. The molecular weight excluding hydrogens is 232 g/mol. The Labute approximate surface area is 105 Å². The predicted octanol–water partition coefficient (Wildman–Crippen LogP) is 0.507. The molecule has 18 heavy (non-hydrogen) atoms. The second-order valence-corrected chi connectivity index (χ2v) is 4.95. The molecule has 7 nitrogen and oxygen atoms in total. The average molecular weight is 250 g/mol. The highest BCUT2D eigenvalue weighted by atomic mass is 16.3. The maximum absolute atomic E-state index is 9.93. The van der Waals surface area contributed by atoms with Crippen LogP contribution in [0.3, 0.4) is 0 Å². The van der Waals surface area contributed by atoms with Crippen LogP contribution in [0.25, 0.3) is 5.65 Å². The zero-order valence-electron chi connectivity index (χ0n) is 10.9. The van der Waals surface area contributed by atoms with Crippen LogP contribution in [0.15, 0.2) is 12.1 Å². The van der Waals surface area contributed by atoms with E-state index in [-0.39, 0.29) is 0 Å². The van der Waals surface area contributed by atoms with Gasteiger partial charge >= 0.3 is 0 Å². The molecule has 0 saturated heterocycles.